The molecule has 0 saturated carbocycles. The van der Waals surface area contributed by atoms with Crippen LogP contribution >= 0.6 is 0 Å². The van der Waals surface area contributed by atoms with Gasteiger partial charge in [-0.15, -0.1) is 0 Å². The lowest BCUT2D eigenvalue weighted by Crippen LogP contribution is -2.35. The van der Waals surface area contributed by atoms with E-state index in [0.717, 1.165) is 10.8 Å². The van der Waals surface area contributed by atoms with Gasteiger partial charge in [0.15, 0.2) is 0 Å². The molecule has 0 bridgehead atoms. The summed E-state index contributed by atoms with van der Waals surface area (Å²) in [5, 5.41) is 21.5. The van der Waals surface area contributed by atoms with E-state index >= 15 is 0 Å². The molecule has 0 saturated heterocycles. The third-order valence-electron chi connectivity index (χ3n) is 3.55. The number of rotatable bonds is 3. The van der Waals surface area contributed by atoms with Crippen molar-refractivity contribution in [2.24, 2.45) is 5.92 Å². The Hall–Kier alpha value is -1.87. The Morgan fingerprint density at radius 1 is 1.17 bits per heavy atom. The Bertz CT molecular complexity index is 587. The number of benzene rings is 2. The highest BCUT2D eigenvalue weighted by Crippen LogP contribution is 2.31. The van der Waals surface area contributed by atoms with E-state index in [1.165, 1.54) is 13.8 Å². The molecule has 0 spiro atoms. The summed E-state index contributed by atoms with van der Waals surface area (Å²) >= 11 is 0. The molecule has 2 N–H and O–H groups in total. The third-order valence-corrected chi connectivity index (χ3v) is 3.55. The Morgan fingerprint density at radius 3 is 2.39 bits per heavy atom. The minimum Gasteiger partial charge on any atom is -0.481 e. The van der Waals surface area contributed by atoms with Crippen LogP contribution in [0.15, 0.2) is 42.5 Å². The van der Waals surface area contributed by atoms with Crippen LogP contribution in [-0.4, -0.2) is 16.2 Å². The summed E-state index contributed by atoms with van der Waals surface area (Å²) in [6.07, 6.45) is 0. The molecule has 0 aliphatic heterocycles. The molecule has 94 valence electrons. The van der Waals surface area contributed by atoms with Crippen LogP contribution < -0.4 is 0 Å². The highest BCUT2D eigenvalue weighted by Gasteiger charge is 2.35. The SMILES string of the molecule is CC(C(=O)O)C(C)(O)c1ccc2ccccc2c1. The molecular formula is C15H16O3. The van der Waals surface area contributed by atoms with Crippen molar-refractivity contribution in [3.63, 3.8) is 0 Å². The lowest BCUT2D eigenvalue weighted by Gasteiger charge is -2.28. The Labute approximate surface area is 106 Å². The minimum absolute atomic E-state index is 0.621. The molecule has 2 rings (SSSR count). The first kappa shape index (κ1) is 12.6. The van der Waals surface area contributed by atoms with Gasteiger partial charge in [0.25, 0.3) is 0 Å². The summed E-state index contributed by atoms with van der Waals surface area (Å²) < 4.78 is 0. The molecule has 3 heteroatoms. The lowest BCUT2D eigenvalue weighted by atomic mass is 9.83. The maximum absolute atomic E-state index is 11.0. The van der Waals surface area contributed by atoms with Crippen LogP contribution in [0.3, 0.4) is 0 Å². The van der Waals surface area contributed by atoms with Crippen LogP contribution in [-0.2, 0) is 10.4 Å². The summed E-state index contributed by atoms with van der Waals surface area (Å²) in [5.74, 6) is -1.87. The number of hydrogen-bond donors (Lipinski definition) is 2. The van der Waals surface area contributed by atoms with E-state index in [1.807, 2.05) is 36.4 Å². The van der Waals surface area contributed by atoms with E-state index in [2.05, 4.69) is 0 Å². The zero-order valence-electron chi connectivity index (χ0n) is 10.4. The van der Waals surface area contributed by atoms with E-state index in [-0.39, 0.29) is 0 Å². The first-order chi connectivity index (χ1) is 8.43. The molecule has 0 fully saturated rings. The molecule has 0 aromatic heterocycles. The van der Waals surface area contributed by atoms with Crippen molar-refractivity contribution in [3.8, 4) is 0 Å². The standard InChI is InChI=1S/C15H16O3/c1-10(14(16)17)15(2,18)13-8-7-11-5-3-4-6-12(11)9-13/h3-10,18H,1-2H3,(H,16,17). The van der Waals surface area contributed by atoms with Gasteiger partial charge in [0, 0.05) is 0 Å². The van der Waals surface area contributed by atoms with Gasteiger partial charge in [0.2, 0.25) is 0 Å². The fourth-order valence-electron chi connectivity index (χ4n) is 1.99. The number of hydrogen-bond acceptors (Lipinski definition) is 2. The van der Waals surface area contributed by atoms with Crippen LogP contribution in [0.5, 0.6) is 0 Å². The van der Waals surface area contributed by atoms with Gasteiger partial charge >= 0.3 is 5.97 Å². The van der Waals surface area contributed by atoms with Gasteiger partial charge in [-0.3, -0.25) is 4.79 Å². The number of aliphatic carboxylic acids is 1. The van der Waals surface area contributed by atoms with Crippen LogP contribution in [0.25, 0.3) is 10.8 Å². The minimum atomic E-state index is -1.38. The normalized spacial score (nSPS) is 16.2. The van der Waals surface area contributed by atoms with Crippen molar-refractivity contribution in [3.05, 3.63) is 48.0 Å². The van der Waals surface area contributed by atoms with E-state index in [9.17, 15) is 9.90 Å². The average molecular weight is 244 g/mol. The lowest BCUT2D eigenvalue weighted by molar-refractivity contribution is -0.150. The van der Waals surface area contributed by atoms with Gasteiger partial charge in [-0.2, -0.15) is 0 Å². The second-order valence-corrected chi connectivity index (χ2v) is 4.77. The van der Waals surface area contributed by atoms with Crippen LogP contribution in [0.1, 0.15) is 19.4 Å². The molecule has 18 heavy (non-hydrogen) atoms. The number of fused-ring (bicyclic) bond motifs is 1. The molecule has 0 radical (unpaired) electrons. The van der Waals surface area contributed by atoms with Gasteiger partial charge in [0.05, 0.1) is 11.5 Å². The average Bonchev–Trinajstić information content (AvgIpc) is 2.37. The van der Waals surface area contributed by atoms with Crippen molar-refractivity contribution >= 4 is 16.7 Å². The first-order valence-electron chi connectivity index (χ1n) is 5.87. The summed E-state index contributed by atoms with van der Waals surface area (Å²) in [4.78, 5) is 11.0. The monoisotopic (exact) mass is 244 g/mol. The van der Waals surface area contributed by atoms with E-state index in [0.29, 0.717) is 5.56 Å². The molecule has 0 aliphatic rings. The molecular weight excluding hydrogens is 228 g/mol. The summed E-state index contributed by atoms with van der Waals surface area (Å²) in [6.45, 7) is 3.05. The predicted molar refractivity (Wildman–Crippen MR) is 70.3 cm³/mol. The highest BCUT2D eigenvalue weighted by atomic mass is 16.4. The van der Waals surface area contributed by atoms with Crippen molar-refractivity contribution in [1.82, 2.24) is 0 Å². The summed E-state index contributed by atoms with van der Waals surface area (Å²) in [5.41, 5.74) is -0.758. The number of carboxylic acids is 1. The fraction of sp³-hybridized carbons (Fsp3) is 0.267. The van der Waals surface area contributed by atoms with Gasteiger partial charge in [-0.05, 0) is 36.2 Å². The quantitative estimate of drug-likeness (QED) is 0.872. The van der Waals surface area contributed by atoms with Gasteiger partial charge < -0.3 is 10.2 Å². The molecule has 2 unspecified atom stereocenters. The van der Waals surface area contributed by atoms with Gasteiger partial charge in [0.1, 0.15) is 0 Å². The predicted octanol–water partition coefficient (Wildman–Crippen LogP) is 2.77. The largest absolute Gasteiger partial charge is 0.481 e. The van der Waals surface area contributed by atoms with Crippen molar-refractivity contribution in [1.29, 1.82) is 0 Å². The number of carboxylic acid groups (broad SMARTS) is 1. The topological polar surface area (TPSA) is 57.5 Å². The van der Waals surface area contributed by atoms with Crippen LogP contribution in [0.4, 0.5) is 0 Å². The van der Waals surface area contributed by atoms with E-state index < -0.39 is 17.5 Å². The number of carbonyl (C=O) groups is 1. The van der Waals surface area contributed by atoms with Crippen molar-refractivity contribution in [2.75, 3.05) is 0 Å². The molecule has 0 aliphatic carbocycles. The first-order valence-corrected chi connectivity index (χ1v) is 5.87. The second kappa shape index (κ2) is 4.42. The molecule has 2 aromatic rings. The molecule has 0 amide bonds. The molecule has 3 nitrogen and oxygen atoms in total. The zero-order chi connectivity index (χ0) is 13.3. The Morgan fingerprint density at radius 2 is 1.78 bits per heavy atom. The molecule has 0 heterocycles. The van der Waals surface area contributed by atoms with Crippen molar-refractivity contribution < 1.29 is 15.0 Å². The van der Waals surface area contributed by atoms with Crippen molar-refractivity contribution in [2.45, 2.75) is 19.4 Å². The molecule has 2 atom stereocenters. The van der Waals surface area contributed by atoms with Gasteiger partial charge in [-0.1, -0.05) is 36.4 Å². The Kier molecular flexibility index (Phi) is 3.09. The fourth-order valence-corrected chi connectivity index (χ4v) is 1.99. The number of aliphatic hydroxyl groups is 1. The maximum Gasteiger partial charge on any atom is 0.309 e. The third kappa shape index (κ3) is 2.09. The van der Waals surface area contributed by atoms with Crippen LogP contribution in [0.2, 0.25) is 0 Å². The smallest absolute Gasteiger partial charge is 0.309 e. The zero-order valence-corrected chi connectivity index (χ0v) is 10.4. The van der Waals surface area contributed by atoms with Crippen LogP contribution in [0, 0.1) is 5.92 Å². The van der Waals surface area contributed by atoms with E-state index in [1.54, 1.807) is 6.07 Å². The highest BCUT2D eigenvalue weighted by molar-refractivity contribution is 5.83. The summed E-state index contributed by atoms with van der Waals surface area (Å²) in [6, 6.07) is 13.3. The Balaban J connectivity index is 2.50. The van der Waals surface area contributed by atoms with Gasteiger partial charge in [-0.25, -0.2) is 0 Å². The second-order valence-electron chi connectivity index (χ2n) is 4.77. The molecule has 2 aromatic carbocycles. The summed E-state index contributed by atoms with van der Waals surface area (Å²) in [7, 11) is 0. The van der Waals surface area contributed by atoms with E-state index in [4.69, 9.17) is 5.11 Å². The maximum atomic E-state index is 11.0.